The molecule has 0 aliphatic heterocycles. The summed E-state index contributed by atoms with van der Waals surface area (Å²) in [6.07, 6.45) is -0.177. The minimum absolute atomic E-state index is 0.00605. The Balaban J connectivity index is 2.76. The highest BCUT2D eigenvalue weighted by Gasteiger charge is 2.21. The molecule has 1 atom stereocenters. The molecule has 0 amide bonds. The van der Waals surface area contributed by atoms with Gasteiger partial charge in [-0.05, 0) is 11.2 Å². The van der Waals surface area contributed by atoms with Crippen molar-refractivity contribution in [3.8, 4) is 0 Å². The van der Waals surface area contributed by atoms with Gasteiger partial charge >= 0.3 is 5.97 Å². The molecule has 76 valence electrons. The number of aliphatic carboxylic acids is 1. The Kier molecular flexibility index (Phi) is 3.73. The first-order chi connectivity index (χ1) is 6.52. The summed E-state index contributed by atoms with van der Waals surface area (Å²) < 4.78 is 11.8. The molecule has 0 aliphatic rings. The van der Waals surface area contributed by atoms with Crippen molar-refractivity contribution in [3.05, 3.63) is 30.3 Å². The normalized spacial score (nSPS) is 14.6. The van der Waals surface area contributed by atoms with E-state index in [9.17, 15) is 9.36 Å². The summed E-state index contributed by atoms with van der Waals surface area (Å²) in [4.78, 5) is 10.3. The maximum absolute atomic E-state index is 11.8. The van der Waals surface area contributed by atoms with Crippen LogP contribution in [-0.4, -0.2) is 17.2 Å². The fraction of sp³-hybridized carbons (Fsp3) is 0.222. The first kappa shape index (κ1) is 11.3. The highest BCUT2D eigenvalue weighted by molar-refractivity contribution is 7.95. The first-order valence-electron chi connectivity index (χ1n) is 4.08. The van der Waals surface area contributed by atoms with Gasteiger partial charge in [0.05, 0.1) is 6.42 Å². The van der Waals surface area contributed by atoms with Crippen LogP contribution in [0.4, 0.5) is 0 Å². The predicted octanol–water partition coefficient (Wildman–Crippen LogP) is 2.30. The molecule has 0 fully saturated rings. The number of carbonyl (C=O) groups is 1. The fourth-order valence-electron chi connectivity index (χ4n) is 1.02. The molecule has 1 aromatic rings. The maximum atomic E-state index is 11.8. The molecule has 1 N–H and O–H groups in total. The SMILES string of the molecule is O=C(O)CCP(=O)(Cl)c1ccccc1. The van der Waals surface area contributed by atoms with Gasteiger partial charge in [-0.3, -0.25) is 4.79 Å². The number of carboxylic acids is 1. The van der Waals surface area contributed by atoms with Crippen molar-refractivity contribution in [1.29, 1.82) is 0 Å². The second-order valence-corrected chi connectivity index (χ2v) is 6.76. The molecule has 0 aliphatic carbocycles. The molecule has 0 aromatic heterocycles. The smallest absolute Gasteiger partial charge is 0.303 e. The summed E-state index contributed by atoms with van der Waals surface area (Å²) in [6, 6.07) is 8.54. The minimum Gasteiger partial charge on any atom is -0.481 e. The van der Waals surface area contributed by atoms with E-state index in [2.05, 4.69) is 0 Å². The topological polar surface area (TPSA) is 54.4 Å². The van der Waals surface area contributed by atoms with E-state index in [0.29, 0.717) is 5.30 Å². The van der Waals surface area contributed by atoms with E-state index >= 15 is 0 Å². The summed E-state index contributed by atoms with van der Waals surface area (Å²) in [5, 5.41) is 8.96. The molecule has 0 heterocycles. The fourth-order valence-corrected chi connectivity index (χ4v) is 2.97. The van der Waals surface area contributed by atoms with Crippen LogP contribution in [0.25, 0.3) is 0 Å². The Bertz CT molecular complexity index is 364. The number of benzene rings is 1. The average Bonchev–Trinajstić information content (AvgIpc) is 2.16. The maximum Gasteiger partial charge on any atom is 0.303 e. The molecule has 1 unspecified atom stereocenters. The van der Waals surface area contributed by atoms with Gasteiger partial charge in [0.2, 0.25) is 0 Å². The molecule has 0 bridgehead atoms. The van der Waals surface area contributed by atoms with Crippen LogP contribution in [0.1, 0.15) is 6.42 Å². The lowest BCUT2D eigenvalue weighted by Crippen LogP contribution is -2.06. The number of hydrogen-bond donors (Lipinski definition) is 1. The number of hydrogen-bond acceptors (Lipinski definition) is 2. The van der Waals surface area contributed by atoms with Crippen molar-refractivity contribution >= 4 is 29.0 Å². The molecule has 0 spiro atoms. The zero-order valence-electron chi connectivity index (χ0n) is 7.39. The minimum atomic E-state index is -3.01. The molecule has 0 saturated carbocycles. The van der Waals surface area contributed by atoms with Gasteiger partial charge in [0.15, 0.2) is 6.49 Å². The van der Waals surface area contributed by atoms with Gasteiger partial charge in [-0.2, -0.15) is 0 Å². The van der Waals surface area contributed by atoms with E-state index in [1.54, 1.807) is 30.3 Å². The van der Waals surface area contributed by atoms with Crippen molar-refractivity contribution in [2.75, 3.05) is 6.16 Å². The summed E-state index contributed by atoms with van der Waals surface area (Å²) in [6.45, 7) is -3.01. The lowest BCUT2D eigenvalue weighted by atomic mass is 10.4. The Morgan fingerprint density at radius 1 is 1.36 bits per heavy atom. The molecule has 1 rings (SSSR count). The van der Waals surface area contributed by atoms with Gasteiger partial charge in [-0.1, -0.05) is 30.3 Å². The Hall–Kier alpha value is -0.790. The van der Waals surface area contributed by atoms with Crippen LogP contribution in [0.2, 0.25) is 0 Å². The van der Waals surface area contributed by atoms with Gasteiger partial charge in [0, 0.05) is 11.5 Å². The van der Waals surface area contributed by atoms with E-state index in [1.165, 1.54) is 0 Å². The van der Waals surface area contributed by atoms with Crippen molar-refractivity contribution in [2.24, 2.45) is 0 Å². The van der Waals surface area contributed by atoms with Gasteiger partial charge in [-0.25, -0.2) is 0 Å². The standard InChI is InChI=1S/C9H10ClO3P/c10-14(13,7-6-9(11)12)8-4-2-1-3-5-8/h1-5H,6-7H2,(H,11,12). The highest BCUT2D eigenvalue weighted by atomic mass is 35.7. The molecule has 14 heavy (non-hydrogen) atoms. The van der Waals surface area contributed by atoms with Crippen molar-refractivity contribution in [2.45, 2.75) is 6.42 Å². The van der Waals surface area contributed by atoms with Gasteiger partial charge in [-0.15, -0.1) is 0 Å². The van der Waals surface area contributed by atoms with E-state index in [-0.39, 0.29) is 12.6 Å². The van der Waals surface area contributed by atoms with Crippen LogP contribution < -0.4 is 5.30 Å². The molecule has 0 saturated heterocycles. The van der Waals surface area contributed by atoms with E-state index in [1.807, 2.05) is 0 Å². The molecule has 1 aromatic carbocycles. The van der Waals surface area contributed by atoms with Gasteiger partial charge in [0.1, 0.15) is 0 Å². The molecule has 0 radical (unpaired) electrons. The van der Waals surface area contributed by atoms with Crippen LogP contribution >= 0.6 is 17.7 Å². The van der Waals surface area contributed by atoms with Crippen LogP contribution in [0.5, 0.6) is 0 Å². The third-order valence-corrected chi connectivity index (χ3v) is 4.72. The second kappa shape index (κ2) is 4.63. The Labute approximate surface area is 86.9 Å². The van der Waals surface area contributed by atoms with Crippen molar-refractivity contribution < 1.29 is 14.5 Å². The molecule has 5 heteroatoms. The van der Waals surface area contributed by atoms with Crippen LogP contribution in [0, 0.1) is 0 Å². The largest absolute Gasteiger partial charge is 0.481 e. The third kappa shape index (κ3) is 3.17. The zero-order valence-corrected chi connectivity index (χ0v) is 9.04. The van der Waals surface area contributed by atoms with Crippen LogP contribution in [-0.2, 0) is 9.36 Å². The molecular weight excluding hydrogens is 223 g/mol. The zero-order chi connectivity index (χ0) is 10.6. The van der Waals surface area contributed by atoms with E-state index in [0.717, 1.165) is 0 Å². The quantitative estimate of drug-likeness (QED) is 0.811. The summed E-state index contributed by atoms with van der Waals surface area (Å²) >= 11 is 5.80. The van der Waals surface area contributed by atoms with E-state index < -0.39 is 12.5 Å². The number of rotatable bonds is 4. The lowest BCUT2D eigenvalue weighted by Gasteiger charge is -2.08. The van der Waals surface area contributed by atoms with Gasteiger partial charge in [0.25, 0.3) is 0 Å². The third-order valence-electron chi connectivity index (χ3n) is 1.76. The highest BCUT2D eigenvalue weighted by Crippen LogP contribution is 2.50. The van der Waals surface area contributed by atoms with Crippen LogP contribution in [0.15, 0.2) is 30.3 Å². The van der Waals surface area contributed by atoms with Crippen LogP contribution in [0.3, 0.4) is 0 Å². The molecule has 3 nitrogen and oxygen atoms in total. The summed E-state index contributed by atoms with van der Waals surface area (Å²) in [7, 11) is 0. The Morgan fingerprint density at radius 2 is 1.93 bits per heavy atom. The Morgan fingerprint density at radius 3 is 2.43 bits per heavy atom. The van der Waals surface area contributed by atoms with Gasteiger partial charge < -0.3 is 9.67 Å². The van der Waals surface area contributed by atoms with Crippen molar-refractivity contribution in [3.63, 3.8) is 0 Å². The number of carboxylic acid groups (broad SMARTS) is 1. The van der Waals surface area contributed by atoms with Crippen molar-refractivity contribution in [1.82, 2.24) is 0 Å². The predicted molar refractivity (Wildman–Crippen MR) is 56.7 cm³/mol. The second-order valence-electron chi connectivity index (χ2n) is 2.85. The van der Waals surface area contributed by atoms with E-state index in [4.69, 9.17) is 16.3 Å². The number of halogens is 1. The molecular formula is C9H10ClO3P. The summed E-state index contributed by atoms with van der Waals surface area (Å²) in [5.41, 5.74) is 0. The first-order valence-corrected chi connectivity index (χ1v) is 6.88. The summed E-state index contributed by atoms with van der Waals surface area (Å²) in [5.74, 6) is -0.984. The average molecular weight is 233 g/mol. The monoisotopic (exact) mass is 232 g/mol. The lowest BCUT2D eigenvalue weighted by molar-refractivity contribution is -0.136.